The molecular formula is C16H18N2S. The molecule has 98 valence electrons. The number of rotatable bonds is 3. The number of aliphatic imine (C=N–C) groups is 1. The molecule has 0 radical (unpaired) electrons. The van der Waals surface area contributed by atoms with E-state index in [2.05, 4.69) is 31.2 Å². The van der Waals surface area contributed by atoms with Gasteiger partial charge in [0.15, 0.2) is 0 Å². The van der Waals surface area contributed by atoms with E-state index >= 15 is 0 Å². The van der Waals surface area contributed by atoms with E-state index in [1.165, 1.54) is 16.0 Å². The average molecular weight is 270 g/mol. The summed E-state index contributed by atoms with van der Waals surface area (Å²) in [6.07, 6.45) is 3.92. The van der Waals surface area contributed by atoms with Crippen LogP contribution in [0.4, 0.5) is 11.4 Å². The van der Waals surface area contributed by atoms with Gasteiger partial charge in [-0.3, -0.25) is 4.99 Å². The maximum Gasteiger partial charge on any atom is 0.0765 e. The summed E-state index contributed by atoms with van der Waals surface area (Å²) in [4.78, 5) is 5.75. The first-order chi connectivity index (χ1) is 9.13. The second-order valence-electron chi connectivity index (χ2n) is 4.44. The minimum absolute atomic E-state index is 0.772. The van der Waals surface area contributed by atoms with Crippen LogP contribution in [0.3, 0.4) is 0 Å². The molecular weight excluding hydrogens is 252 g/mol. The molecule has 0 saturated carbocycles. The molecule has 2 aromatic rings. The number of thioether (sulfide) groups is 1. The van der Waals surface area contributed by atoms with Crippen LogP contribution in [-0.4, -0.2) is 12.5 Å². The second kappa shape index (κ2) is 5.93. The highest BCUT2D eigenvalue weighted by atomic mass is 32.2. The Kier molecular flexibility index (Phi) is 4.27. The van der Waals surface area contributed by atoms with Gasteiger partial charge in [0, 0.05) is 22.4 Å². The number of anilines is 1. The van der Waals surface area contributed by atoms with Gasteiger partial charge in [0.25, 0.3) is 0 Å². The molecule has 0 aliphatic rings. The number of para-hydroxylation sites is 1. The van der Waals surface area contributed by atoms with Crippen LogP contribution in [0.5, 0.6) is 0 Å². The molecule has 0 unspecified atom stereocenters. The van der Waals surface area contributed by atoms with E-state index in [0.29, 0.717) is 0 Å². The molecule has 0 aromatic heterocycles. The first-order valence-electron chi connectivity index (χ1n) is 6.16. The Morgan fingerprint density at radius 2 is 1.84 bits per heavy atom. The summed E-state index contributed by atoms with van der Waals surface area (Å²) < 4.78 is 0. The van der Waals surface area contributed by atoms with E-state index in [4.69, 9.17) is 5.73 Å². The summed E-state index contributed by atoms with van der Waals surface area (Å²) in [5.41, 5.74) is 11.2. The van der Waals surface area contributed by atoms with Crippen LogP contribution in [-0.2, 0) is 0 Å². The van der Waals surface area contributed by atoms with Crippen LogP contribution in [0.2, 0.25) is 0 Å². The molecule has 2 nitrogen and oxygen atoms in total. The smallest absolute Gasteiger partial charge is 0.0765 e. The van der Waals surface area contributed by atoms with Crippen molar-refractivity contribution in [3.8, 4) is 0 Å². The number of nitrogens with zero attached hydrogens (tertiary/aromatic N) is 1. The van der Waals surface area contributed by atoms with Crippen LogP contribution in [0.15, 0.2) is 46.3 Å². The highest BCUT2D eigenvalue weighted by Gasteiger charge is 2.04. The summed E-state index contributed by atoms with van der Waals surface area (Å²) in [5, 5.41) is 0. The number of aryl methyl sites for hydroxylation is 1. The lowest BCUT2D eigenvalue weighted by atomic mass is 10.0. The molecule has 0 aliphatic heterocycles. The molecule has 0 atom stereocenters. The van der Waals surface area contributed by atoms with Crippen molar-refractivity contribution in [3.63, 3.8) is 0 Å². The zero-order valence-electron chi connectivity index (χ0n) is 11.5. The van der Waals surface area contributed by atoms with Crippen molar-refractivity contribution in [2.75, 3.05) is 12.0 Å². The third kappa shape index (κ3) is 2.99. The van der Waals surface area contributed by atoms with Gasteiger partial charge in [-0.25, -0.2) is 0 Å². The monoisotopic (exact) mass is 270 g/mol. The fourth-order valence-electron chi connectivity index (χ4n) is 1.90. The highest BCUT2D eigenvalue weighted by molar-refractivity contribution is 7.98. The Balaban J connectivity index is 2.41. The fraction of sp³-hybridized carbons (Fsp3) is 0.188. The maximum absolute atomic E-state index is 6.03. The number of benzene rings is 2. The Hall–Kier alpha value is -1.74. The van der Waals surface area contributed by atoms with Gasteiger partial charge in [0.1, 0.15) is 0 Å². The van der Waals surface area contributed by atoms with Gasteiger partial charge in [-0.1, -0.05) is 18.2 Å². The predicted octanol–water partition coefficient (Wildman–Crippen LogP) is 4.36. The molecule has 0 fully saturated rings. The van der Waals surface area contributed by atoms with E-state index in [9.17, 15) is 0 Å². The molecule has 0 amide bonds. The molecule has 0 aliphatic carbocycles. The van der Waals surface area contributed by atoms with Crippen molar-refractivity contribution in [1.82, 2.24) is 0 Å². The van der Waals surface area contributed by atoms with Crippen molar-refractivity contribution in [2.45, 2.75) is 18.7 Å². The number of hydrogen-bond acceptors (Lipinski definition) is 3. The SMILES string of the molecule is CSc1ccccc1N=Cc1c(N)ccc(C)c1C. The Morgan fingerprint density at radius 1 is 1.11 bits per heavy atom. The molecule has 0 heterocycles. The van der Waals surface area contributed by atoms with Crippen LogP contribution in [0.1, 0.15) is 16.7 Å². The summed E-state index contributed by atoms with van der Waals surface area (Å²) in [6.45, 7) is 4.16. The van der Waals surface area contributed by atoms with Gasteiger partial charge in [0.2, 0.25) is 0 Å². The largest absolute Gasteiger partial charge is 0.398 e. The molecule has 2 N–H and O–H groups in total. The second-order valence-corrected chi connectivity index (χ2v) is 5.29. The molecule has 3 heteroatoms. The van der Waals surface area contributed by atoms with Gasteiger partial charge >= 0.3 is 0 Å². The van der Waals surface area contributed by atoms with Crippen LogP contribution >= 0.6 is 11.8 Å². The predicted molar refractivity (Wildman–Crippen MR) is 85.8 cm³/mol. The van der Waals surface area contributed by atoms with Crippen molar-refractivity contribution in [1.29, 1.82) is 0 Å². The Morgan fingerprint density at radius 3 is 2.58 bits per heavy atom. The van der Waals surface area contributed by atoms with Crippen molar-refractivity contribution < 1.29 is 0 Å². The highest BCUT2D eigenvalue weighted by Crippen LogP contribution is 2.28. The summed E-state index contributed by atoms with van der Waals surface area (Å²) in [6, 6.07) is 12.1. The maximum atomic E-state index is 6.03. The molecule has 2 rings (SSSR count). The Bertz CT molecular complexity index is 618. The molecule has 0 saturated heterocycles. The van der Waals surface area contributed by atoms with E-state index in [1.807, 2.05) is 36.5 Å². The summed E-state index contributed by atoms with van der Waals surface area (Å²) in [7, 11) is 0. The van der Waals surface area contributed by atoms with Gasteiger partial charge < -0.3 is 5.73 Å². The van der Waals surface area contributed by atoms with Crippen LogP contribution < -0.4 is 5.73 Å². The minimum Gasteiger partial charge on any atom is -0.398 e. The van der Waals surface area contributed by atoms with E-state index in [-0.39, 0.29) is 0 Å². The van der Waals surface area contributed by atoms with E-state index < -0.39 is 0 Å². The summed E-state index contributed by atoms with van der Waals surface area (Å²) >= 11 is 1.70. The topological polar surface area (TPSA) is 38.4 Å². The molecule has 0 bridgehead atoms. The minimum atomic E-state index is 0.772. The molecule has 0 spiro atoms. The summed E-state index contributed by atoms with van der Waals surface area (Å²) in [5.74, 6) is 0. The quantitative estimate of drug-likeness (QED) is 0.511. The van der Waals surface area contributed by atoms with Crippen molar-refractivity contribution in [2.24, 2.45) is 4.99 Å². The normalized spacial score (nSPS) is 11.1. The van der Waals surface area contributed by atoms with Gasteiger partial charge in [-0.15, -0.1) is 11.8 Å². The third-order valence-corrected chi connectivity index (χ3v) is 4.02. The third-order valence-electron chi connectivity index (χ3n) is 3.24. The van der Waals surface area contributed by atoms with E-state index in [0.717, 1.165) is 16.9 Å². The lowest BCUT2D eigenvalue weighted by molar-refractivity contribution is 1.32. The fourth-order valence-corrected chi connectivity index (χ4v) is 2.44. The van der Waals surface area contributed by atoms with Gasteiger partial charge in [-0.2, -0.15) is 0 Å². The number of hydrogen-bond donors (Lipinski definition) is 1. The standard InChI is InChI=1S/C16H18N2S/c1-11-8-9-14(17)13(12(11)2)10-18-15-6-4-5-7-16(15)19-3/h4-10H,17H2,1-3H3. The molecule has 2 aromatic carbocycles. The van der Waals surface area contributed by atoms with Crippen LogP contribution in [0, 0.1) is 13.8 Å². The van der Waals surface area contributed by atoms with Gasteiger partial charge in [-0.05, 0) is 49.4 Å². The first-order valence-corrected chi connectivity index (χ1v) is 7.38. The zero-order valence-corrected chi connectivity index (χ0v) is 12.3. The van der Waals surface area contributed by atoms with Crippen molar-refractivity contribution >= 4 is 29.4 Å². The first kappa shape index (κ1) is 13.7. The Labute approximate surface area is 118 Å². The lowest BCUT2D eigenvalue weighted by Crippen LogP contribution is -1.98. The average Bonchev–Trinajstić information content (AvgIpc) is 2.43. The lowest BCUT2D eigenvalue weighted by Gasteiger charge is -2.08. The van der Waals surface area contributed by atoms with Crippen LogP contribution in [0.25, 0.3) is 0 Å². The molecule has 19 heavy (non-hydrogen) atoms. The number of nitrogen functional groups attached to an aromatic ring is 1. The zero-order chi connectivity index (χ0) is 13.8. The van der Waals surface area contributed by atoms with Gasteiger partial charge in [0.05, 0.1) is 5.69 Å². The number of nitrogens with two attached hydrogens (primary N) is 1. The van der Waals surface area contributed by atoms with E-state index in [1.54, 1.807) is 11.8 Å². The van der Waals surface area contributed by atoms with Crippen molar-refractivity contribution in [3.05, 3.63) is 53.1 Å².